The first-order valence-electron chi connectivity index (χ1n) is 4.46. The molecule has 0 aliphatic heterocycles. The molecule has 0 saturated carbocycles. The molecule has 2 aromatic heterocycles. The van der Waals surface area contributed by atoms with Crippen LogP contribution in [0.4, 0.5) is 5.69 Å². The number of anilines is 1. The van der Waals surface area contributed by atoms with Crippen LogP contribution in [0.2, 0.25) is 0 Å². The van der Waals surface area contributed by atoms with E-state index in [4.69, 9.17) is 5.73 Å². The van der Waals surface area contributed by atoms with Gasteiger partial charge in [-0.3, -0.25) is 9.13 Å². The van der Waals surface area contributed by atoms with Crippen LogP contribution < -0.4 is 11.4 Å². The predicted molar refractivity (Wildman–Crippen MR) is 55.1 cm³/mol. The second-order valence-electron chi connectivity index (χ2n) is 3.20. The highest BCUT2D eigenvalue weighted by Gasteiger charge is 2.09. The summed E-state index contributed by atoms with van der Waals surface area (Å²) in [6.45, 7) is 2.53. The van der Waals surface area contributed by atoms with Crippen molar-refractivity contribution in [3.05, 3.63) is 22.7 Å². The molecule has 0 radical (unpaired) electrons. The summed E-state index contributed by atoms with van der Waals surface area (Å²) in [4.78, 5) is 15.8. The van der Waals surface area contributed by atoms with Gasteiger partial charge in [-0.25, -0.2) is 9.78 Å². The molecule has 0 aliphatic carbocycles. The Kier molecular flexibility index (Phi) is 1.80. The molecule has 0 atom stereocenters. The molecule has 0 amide bonds. The third-order valence-corrected chi connectivity index (χ3v) is 2.32. The lowest BCUT2D eigenvalue weighted by Crippen LogP contribution is -2.21. The van der Waals surface area contributed by atoms with Gasteiger partial charge in [0.2, 0.25) is 0 Å². The summed E-state index contributed by atoms with van der Waals surface area (Å²) in [7, 11) is 1.72. The van der Waals surface area contributed by atoms with Gasteiger partial charge in [0.1, 0.15) is 0 Å². The average Bonchev–Trinajstić information content (AvgIpc) is 2.41. The predicted octanol–water partition coefficient (Wildman–Crippen LogP) is 0.337. The van der Waals surface area contributed by atoms with E-state index in [0.29, 0.717) is 17.9 Å². The molecule has 0 saturated heterocycles. The van der Waals surface area contributed by atoms with Crippen molar-refractivity contribution >= 4 is 16.9 Å². The van der Waals surface area contributed by atoms with Crippen molar-refractivity contribution in [1.82, 2.24) is 14.1 Å². The summed E-state index contributed by atoms with van der Waals surface area (Å²) in [6, 6.07) is 1.76. The number of imidazole rings is 1. The second kappa shape index (κ2) is 2.87. The van der Waals surface area contributed by atoms with Gasteiger partial charge in [0.15, 0.2) is 5.65 Å². The topological polar surface area (TPSA) is 65.8 Å². The van der Waals surface area contributed by atoms with Gasteiger partial charge in [-0.15, -0.1) is 0 Å². The number of nitrogen functional groups attached to an aromatic ring is 1. The Labute approximate surface area is 80.8 Å². The van der Waals surface area contributed by atoms with Crippen molar-refractivity contribution in [2.45, 2.75) is 13.5 Å². The molecule has 2 aromatic rings. The van der Waals surface area contributed by atoms with Crippen LogP contribution in [0.25, 0.3) is 11.2 Å². The van der Waals surface area contributed by atoms with Crippen LogP contribution in [0.15, 0.2) is 17.1 Å². The van der Waals surface area contributed by atoms with Gasteiger partial charge in [-0.2, -0.15) is 0 Å². The number of nitrogens with two attached hydrogens (primary N) is 1. The van der Waals surface area contributed by atoms with E-state index in [2.05, 4.69) is 4.98 Å². The van der Waals surface area contributed by atoms with Crippen molar-refractivity contribution < 1.29 is 0 Å². The van der Waals surface area contributed by atoms with Crippen molar-refractivity contribution in [2.24, 2.45) is 7.05 Å². The Balaban J connectivity index is 2.96. The Morgan fingerprint density at radius 1 is 1.57 bits per heavy atom. The average molecular weight is 192 g/mol. The van der Waals surface area contributed by atoms with Crippen molar-refractivity contribution in [1.29, 1.82) is 0 Å². The highest BCUT2D eigenvalue weighted by molar-refractivity contribution is 5.74. The Morgan fingerprint density at radius 2 is 2.29 bits per heavy atom. The summed E-state index contributed by atoms with van der Waals surface area (Å²) in [5.41, 5.74) is 7.59. The molecule has 0 bridgehead atoms. The van der Waals surface area contributed by atoms with Gasteiger partial charge in [-0.1, -0.05) is 0 Å². The van der Waals surface area contributed by atoms with Gasteiger partial charge in [0, 0.05) is 13.6 Å². The molecular weight excluding hydrogens is 180 g/mol. The first kappa shape index (κ1) is 8.80. The fraction of sp³-hybridized carbons (Fsp3) is 0.333. The number of nitrogens with zero attached hydrogens (tertiary/aromatic N) is 3. The SMILES string of the molecule is CCn1c(=O)n(C)c2cc(N)cnc21. The van der Waals surface area contributed by atoms with Crippen LogP contribution in [0.5, 0.6) is 0 Å². The summed E-state index contributed by atoms with van der Waals surface area (Å²) >= 11 is 0. The van der Waals surface area contributed by atoms with Crippen LogP contribution in [0.1, 0.15) is 6.92 Å². The number of hydrogen-bond donors (Lipinski definition) is 1. The lowest BCUT2D eigenvalue weighted by atomic mass is 10.4. The fourth-order valence-corrected chi connectivity index (χ4v) is 1.58. The van der Waals surface area contributed by atoms with Crippen LogP contribution in [0.3, 0.4) is 0 Å². The molecule has 14 heavy (non-hydrogen) atoms. The third kappa shape index (κ3) is 1.02. The zero-order valence-corrected chi connectivity index (χ0v) is 8.19. The summed E-state index contributed by atoms with van der Waals surface area (Å²) < 4.78 is 3.18. The van der Waals surface area contributed by atoms with Gasteiger partial charge in [0.25, 0.3) is 0 Å². The third-order valence-electron chi connectivity index (χ3n) is 2.32. The monoisotopic (exact) mass is 192 g/mol. The minimum atomic E-state index is -0.0550. The molecule has 0 aliphatic rings. The minimum absolute atomic E-state index is 0.0550. The van der Waals surface area contributed by atoms with Crippen LogP contribution >= 0.6 is 0 Å². The zero-order chi connectivity index (χ0) is 10.3. The number of aryl methyl sites for hydroxylation is 2. The van der Waals surface area contributed by atoms with Crippen molar-refractivity contribution in [2.75, 3.05) is 5.73 Å². The lowest BCUT2D eigenvalue weighted by molar-refractivity contribution is 0.707. The Hall–Kier alpha value is -1.78. The Morgan fingerprint density at radius 3 is 2.93 bits per heavy atom. The highest BCUT2D eigenvalue weighted by atomic mass is 16.1. The first-order valence-corrected chi connectivity index (χ1v) is 4.46. The molecule has 0 fully saturated rings. The molecular formula is C9H12N4O. The molecule has 0 spiro atoms. The lowest BCUT2D eigenvalue weighted by Gasteiger charge is -1.96. The number of aromatic nitrogens is 3. The fourth-order valence-electron chi connectivity index (χ4n) is 1.58. The number of rotatable bonds is 1. The maximum atomic E-state index is 11.7. The molecule has 74 valence electrons. The van der Waals surface area contributed by atoms with E-state index >= 15 is 0 Å². The number of hydrogen-bond acceptors (Lipinski definition) is 3. The quantitative estimate of drug-likeness (QED) is 0.708. The number of pyridine rings is 1. The normalized spacial score (nSPS) is 11.0. The molecule has 0 unspecified atom stereocenters. The van der Waals surface area contributed by atoms with Crippen molar-refractivity contribution in [3.63, 3.8) is 0 Å². The van der Waals surface area contributed by atoms with E-state index in [1.54, 1.807) is 28.4 Å². The van der Waals surface area contributed by atoms with E-state index in [9.17, 15) is 4.79 Å². The standard InChI is InChI=1S/C9H12N4O/c1-3-13-8-7(12(2)9(13)14)4-6(10)5-11-8/h4-5H,3,10H2,1-2H3. The smallest absolute Gasteiger partial charge is 0.330 e. The van der Waals surface area contributed by atoms with Crippen molar-refractivity contribution in [3.8, 4) is 0 Å². The van der Waals surface area contributed by atoms with Gasteiger partial charge < -0.3 is 5.73 Å². The van der Waals surface area contributed by atoms with Gasteiger partial charge >= 0.3 is 5.69 Å². The van der Waals surface area contributed by atoms with E-state index < -0.39 is 0 Å². The molecule has 2 rings (SSSR count). The molecule has 5 nitrogen and oxygen atoms in total. The number of fused-ring (bicyclic) bond motifs is 1. The minimum Gasteiger partial charge on any atom is -0.397 e. The van der Waals surface area contributed by atoms with Crippen LogP contribution in [-0.4, -0.2) is 14.1 Å². The van der Waals surface area contributed by atoms with E-state index in [0.717, 1.165) is 5.52 Å². The zero-order valence-electron chi connectivity index (χ0n) is 8.19. The maximum absolute atomic E-state index is 11.7. The van der Waals surface area contributed by atoms with Crippen LogP contribution in [0, 0.1) is 0 Å². The summed E-state index contributed by atoms with van der Waals surface area (Å²) in [5, 5.41) is 0. The van der Waals surface area contributed by atoms with Crippen LogP contribution in [-0.2, 0) is 13.6 Å². The maximum Gasteiger partial charge on any atom is 0.330 e. The molecule has 0 aromatic carbocycles. The molecule has 2 heterocycles. The van der Waals surface area contributed by atoms with E-state index in [-0.39, 0.29) is 5.69 Å². The van der Waals surface area contributed by atoms with E-state index in [1.165, 1.54) is 0 Å². The molecule has 5 heteroatoms. The largest absolute Gasteiger partial charge is 0.397 e. The van der Waals surface area contributed by atoms with Gasteiger partial charge in [-0.05, 0) is 13.0 Å². The van der Waals surface area contributed by atoms with E-state index in [1.807, 2.05) is 6.92 Å². The summed E-state index contributed by atoms with van der Waals surface area (Å²) in [5.74, 6) is 0. The second-order valence-corrected chi connectivity index (χ2v) is 3.20. The first-order chi connectivity index (χ1) is 6.65. The van der Waals surface area contributed by atoms with Gasteiger partial charge in [0.05, 0.1) is 17.4 Å². The highest BCUT2D eigenvalue weighted by Crippen LogP contribution is 2.12. The molecule has 2 N–H and O–H groups in total. The summed E-state index contributed by atoms with van der Waals surface area (Å²) in [6.07, 6.45) is 1.56. The Bertz CT molecular complexity index is 537.